The van der Waals surface area contributed by atoms with E-state index in [1.54, 1.807) is 6.07 Å². The Morgan fingerprint density at radius 1 is 1.05 bits per heavy atom. The Labute approximate surface area is 114 Å². The second-order valence-electron chi connectivity index (χ2n) is 4.83. The van der Waals surface area contributed by atoms with Crippen molar-refractivity contribution in [2.24, 2.45) is 0 Å². The maximum absolute atomic E-state index is 11.0. The molecular weight excluding hydrogens is 236 g/mol. The van der Waals surface area contributed by atoms with E-state index in [0.717, 1.165) is 17.4 Å². The van der Waals surface area contributed by atoms with Crippen LogP contribution in [-0.4, -0.2) is 6.29 Å². The van der Waals surface area contributed by atoms with Gasteiger partial charge < -0.3 is 4.74 Å². The highest BCUT2D eigenvalue weighted by atomic mass is 16.5. The van der Waals surface area contributed by atoms with Crippen molar-refractivity contribution < 1.29 is 9.53 Å². The summed E-state index contributed by atoms with van der Waals surface area (Å²) in [7, 11) is 0. The minimum Gasteiger partial charge on any atom is -0.488 e. The number of aldehydes is 1. The summed E-state index contributed by atoms with van der Waals surface area (Å²) in [6.45, 7) is 6.56. The Hall–Kier alpha value is -2.09. The summed E-state index contributed by atoms with van der Waals surface area (Å²) >= 11 is 0. The molecule has 2 aromatic rings. The van der Waals surface area contributed by atoms with Gasteiger partial charge in [-0.05, 0) is 43.5 Å². The maximum Gasteiger partial charge on any atom is 0.153 e. The third-order valence-electron chi connectivity index (χ3n) is 3.25. The quantitative estimate of drug-likeness (QED) is 0.771. The largest absolute Gasteiger partial charge is 0.488 e. The molecule has 0 bridgehead atoms. The van der Waals surface area contributed by atoms with Crippen LogP contribution in [-0.2, 0) is 6.61 Å². The molecule has 0 atom stereocenters. The molecular formula is C17H18O2. The van der Waals surface area contributed by atoms with Gasteiger partial charge in [-0.25, -0.2) is 0 Å². The van der Waals surface area contributed by atoms with Gasteiger partial charge in [0.1, 0.15) is 12.4 Å². The molecule has 0 saturated heterocycles. The Morgan fingerprint density at radius 2 is 1.84 bits per heavy atom. The van der Waals surface area contributed by atoms with E-state index in [-0.39, 0.29) is 0 Å². The van der Waals surface area contributed by atoms with Gasteiger partial charge >= 0.3 is 0 Å². The first-order chi connectivity index (χ1) is 9.11. The zero-order chi connectivity index (χ0) is 13.8. The molecule has 0 aliphatic carbocycles. The zero-order valence-corrected chi connectivity index (χ0v) is 11.6. The lowest BCUT2D eigenvalue weighted by Crippen LogP contribution is -2.02. The topological polar surface area (TPSA) is 26.3 Å². The van der Waals surface area contributed by atoms with E-state index in [4.69, 9.17) is 4.74 Å². The van der Waals surface area contributed by atoms with Crippen LogP contribution in [0.25, 0.3) is 0 Å². The van der Waals surface area contributed by atoms with E-state index < -0.39 is 0 Å². The van der Waals surface area contributed by atoms with Crippen LogP contribution in [0.2, 0.25) is 0 Å². The van der Waals surface area contributed by atoms with Gasteiger partial charge in [0.25, 0.3) is 0 Å². The highest BCUT2D eigenvalue weighted by molar-refractivity contribution is 5.80. The fraction of sp³-hybridized carbons (Fsp3) is 0.235. The predicted octanol–water partition coefficient (Wildman–Crippen LogP) is 4.00. The van der Waals surface area contributed by atoms with Crippen molar-refractivity contribution in [3.05, 3.63) is 64.2 Å². The summed E-state index contributed by atoms with van der Waals surface area (Å²) < 4.78 is 5.85. The van der Waals surface area contributed by atoms with Gasteiger partial charge in [0.2, 0.25) is 0 Å². The van der Waals surface area contributed by atoms with Gasteiger partial charge in [0, 0.05) is 0 Å². The normalized spacial score (nSPS) is 10.3. The minimum absolute atomic E-state index is 0.485. The molecule has 98 valence electrons. The monoisotopic (exact) mass is 254 g/mol. The van der Waals surface area contributed by atoms with Crippen LogP contribution in [0.1, 0.15) is 32.6 Å². The van der Waals surface area contributed by atoms with Crippen LogP contribution in [0.5, 0.6) is 5.75 Å². The van der Waals surface area contributed by atoms with E-state index in [1.807, 2.05) is 19.1 Å². The van der Waals surface area contributed by atoms with Crippen molar-refractivity contribution in [1.29, 1.82) is 0 Å². The van der Waals surface area contributed by atoms with Crippen molar-refractivity contribution in [1.82, 2.24) is 0 Å². The van der Waals surface area contributed by atoms with Crippen molar-refractivity contribution in [3.63, 3.8) is 0 Å². The minimum atomic E-state index is 0.485. The standard InChI is InChI=1S/C17H18O2/c1-12-7-8-13(2)16(9-12)11-19-17-14(3)5-4-6-15(17)10-18/h4-10H,11H2,1-3H3. The predicted molar refractivity (Wildman–Crippen MR) is 76.8 cm³/mol. The Kier molecular flexibility index (Phi) is 4.00. The summed E-state index contributed by atoms with van der Waals surface area (Å²) in [5, 5.41) is 0. The fourth-order valence-electron chi connectivity index (χ4n) is 2.07. The number of carbonyl (C=O) groups excluding carboxylic acids is 1. The molecule has 2 aromatic carbocycles. The van der Waals surface area contributed by atoms with Crippen LogP contribution in [0.15, 0.2) is 36.4 Å². The summed E-state index contributed by atoms with van der Waals surface area (Å²) in [5.41, 5.74) is 5.15. The SMILES string of the molecule is Cc1ccc(C)c(COc2c(C)cccc2C=O)c1. The summed E-state index contributed by atoms with van der Waals surface area (Å²) in [4.78, 5) is 11.0. The lowest BCUT2D eigenvalue weighted by Gasteiger charge is -2.13. The zero-order valence-electron chi connectivity index (χ0n) is 11.6. The number of rotatable bonds is 4. The van der Waals surface area contributed by atoms with Crippen LogP contribution in [0, 0.1) is 20.8 Å². The van der Waals surface area contributed by atoms with Gasteiger partial charge in [0.05, 0.1) is 5.56 Å². The number of ether oxygens (including phenoxy) is 1. The molecule has 0 amide bonds. The highest BCUT2D eigenvalue weighted by Gasteiger charge is 2.07. The van der Waals surface area contributed by atoms with E-state index >= 15 is 0 Å². The van der Waals surface area contributed by atoms with E-state index in [9.17, 15) is 4.79 Å². The lowest BCUT2D eigenvalue weighted by atomic mass is 10.1. The summed E-state index contributed by atoms with van der Waals surface area (Å²) in [5.74, 6) is 0.679. The molecule has 0 N–H and O–H groups in total. The van der Waals surface area contributed by atoms with E-state index in [0.29, 0.717) is 17.9 Å². The number of aryl methyl sites for hydroxylation is 3. The molecule has 0 unspecified atom stereocenters. The van der Waals surface area contributed by atoms with Gasteiger partial charge in [-0.15, -0.1) is 0 Å². The van der Waals surface area contributed by atoms with Crippen LogP contribution >= 0.6 is 0 Å². The summed E-state index contributed by atoms with van der Waals surface area (Å²) in [6, 6.07) is 11.9. The second-order valence-corrected chi connectivity index (χ2v) is 4.83. The van der Waals surface area contributed by atoms with Gasteiger partial charge in [-0.1, -0.05) is 35.9 Å². The van der Waals surface area contributed by atoms with E-state index in [1.165, 1.54) is 11.1 Å². The Morgan fingerprint density at radius 3 is 2.58 bits per heavy atom. The molecule has 0 saturated carbocycles. The number of benzene rings is 2. The second kappa shape index (κ2) is 5.70. The van der Waals surface area contributed by atoms with Crippen LogP contribution < -0.4 is 4.74 Å². The van der Waals surface area contributed by atoms with Gasteiger partial charge in [-0.2, -0.15) is 0 Å². The van der Waals surface area contributed by atoms with Crippen LogP contribution in [0.3, 0.4) is 0 Å². The number of carbonyl (C=O) groups is 1. The fourth-order valence-corrected chi connectivity index (χ4v) is 2.07. The maximum atomic E-state index is 11.0. The van der Waals surface area contributed by atoms with Crippen molar-refractivity contribution >= 4 is 6.29 Å². The summed E-state index contributed by atoms with van der Waals surface area (Å²) in [6.07, 6.45) is 0.839. The first-order valence-electron chi connectivity index (χ1n) is 6.35. The molecule has 0 aromatic heterocycles. The molecule has 0 aliphatic heterocycles. The average molecular weight is 254 g/mol. The highest BCUT2D eigenvalue weighted by Crippen LogP contribution is 2.23. The molecule has 0 radical (unpaired) electrons. The molecule has 0 fully saturated rings. The Balaban J connectivity index is 2.23. The molecule has 19 heavy (non-hydrogen) atoms. The van der Waals surface area contributed by atoms with Gasteiger partial charge in [0.15, 0.2) is 6.29 Å². The number of hydrogen-bond acceptors (Lipinski definition) is 2. The average Bonchev–Trinajstić information content (AvgIpc) is 2.40. The molecule has 0 heterocycles. The molecule has 2 rings (SSSR count). The van der Waals surface area contributed by atoms with Crippen molar-refractivity contribution in [2.45, 2.75) is 27.4 Å². The Bertz CT molecular complexity index is 600. The number of para-hydroxylation sites is 1. The first kappa shape index (κ1) is 13.3. The van der Waals surface area contributed by atoms with Crippen molar-refractivity contribution in [3.8, 4) is 5.75 Å². The smallest absolute Gasteiger partial charge is 0.153 e. The lowest BCUT2D eigenvalue weighted by molar-refractivity contribution is 0.111. The first-order valence-corrected chi connectivity index (χ1v) is 6.35. The van der Waals surface area contributed by atoms with Crippen LogP contribution in [0.4, 0.5) is 0 Å². The molecule has 2 heteroatoms. The van der Waals surface area contributed by atoms with E-state index in [2.05, 4.69) is 32.0 Å². The molecule has 0 spiro atoms. The third-order valence-corrected chi connectivity index (χ3v) is 3.25. The molecule has 0 aliphatic rings. The third kappa shape index (κ3) is 3.02. The number of hydrogen-bond donors (Lipinski definition) is 0. The molecule has 2 nitrogen and oxygen atoms in total. The van der Waals surface area contributed by atoms with Gasteiger partial charge in [-0.3, -0.25) is 4.79 Å². The van der Waals surface area contributed by atoms with Crippen molar-refractivity contribution in [2.75, 3.05) is 0 Å².